The monoisotopic (exact) mass is 547 g/mol. The molecule has 7 aromatic carbocycles. The summed E-state index contributed by atoms with van der Waals surface area (Å²) in [6.07, 6.45) is 0. The van der Waals surface area contributed by atoms with Gasteiger partial charge in [-0.05, 0) is 104 Å². The molecule has 3 heteroatoms. The van der Waals surface area contributed by atoms with Gasteiger partial charge in [0.15, 0.2) is 0 Å². The molecule has 2 nitrogen and oxygen atoms in total. The second-order valence-corrected chi connectivity index (χ2v) is 12.1. The molecule has 0 fully saturated rings. The van der Waals surface area contributed by atoms with Crippen LogP contribution in [0.15, 0.2) is 121 Å². The van der Waals surface area contributed by atoms with E-state index in [1.54, 1.807) is 0 Å². The predicted molar refractivity (Wildman–Crippen MR) is 182 cm³/mol. The van der Waals surface area contributed by atoms with Crippen LogP contribution in [0.1, 0.15) is 11.3 Å². The number of nitrogens with zero attached hydrogens (tertiary/aromatic N) is 1. The lowest BCUT2D eigenvalue weighted by atomic mass is 9.34. The number of hydrogen-bond donors (Lipinski definition) is 0. The zero-order valence-electron chi connectivity index (χ0n) is 24.0. The SMILES string of the molecule is Cc1c(C)n2c3c(cccc13)B1c3ccc(-c4ccc5c6ccccc6c6ccccc6c5c4)cc3Oc3cccc-2c31. The molecule has 0 bridgehead atoms. The summed E-state index contributed by atoms with van der Waals surface area (Å²) in [5, 5.41) is 9.10. The first-order chi connectivity index (χ1) is 21.2. The van der Waals surface area contributed by atoms with E-state index in [-0.39, 0.29) is 6.71 Å². The lowest BCUT2D eigenvalue weighted by Crippen LogP contribution is -2.58. The highest BCUT2D eigenvalue weighted by Crippen LogP contribution is 2.39. The van der Waals surface area contributed by atoms with Crippen molar-refractivity contribution in [2.45, 2.75) is 13.8 Å². The van der Waals surface area contributed by atoms with Crippen LogP contribution < -0.4 is 21.1 Å². The Bertz CT molecular complexity index is 2490. The van der Waals surface area contributed by atoms with Crippen molar-refractivity contribution < 1.29 is 4.74 Å². The number of para-hydroxylation sites is 1. The quantitative estimate of drug-likeness (QED) is 0.149. The summed E-state index contributed by atoms with van der Waals surface area (Å²) in [6.45, 7) is 4.62. The van der Waals surface area contributed by atoms with Gasteiger partial charge in [-0.3, -0.25) is 0 Å². The van der Waals surface area contributed by atoms with E-state index in [2.05, 4.69) is 140 Å². The first kappa shape index (κ1) is 23.3. The van der Waals surface area contributed by atoms with Crippen LogP contribution in [0.3, 0.4) is 0 Å². The predicted octanol–water partition coefficient (Wildman–Crippen LogP) is 8.31. The van der Waals surface area contributed by atoms with E-state index in [0.717, 1.165) is 11.5 Å². The molecule has 0 aliphatic carbocycles. The zero-order valence-corrected chi connectivity index (χ0v) is 24.0. The summed E-state index contributed by atoms with van der Waals surface area (Å²) in [5.41, 5.74) is 11.4. The number of aromatic nitrogens is 1. The van der Waals surface area contributed by atoms with Crippen molar-refractivity contribution in [2.24, 2.45) is 0 Å². The maximum Gasteiger partial charge on any atom is 0.256 e. The molecule has 0 radical (unpaired) electrons. The van der Waals surface area contributed by atoms with Crippen LogP contribution in [0.5, 0.6) is 11.5 Å². The minimum Gasteiger partial charge on any atom is -0.458 e. The molecular formula is C40H26BNO. The van der Waals surface area contributed by atoms with Crippen LogP contribution in [-0.4, -0.2) is 11.3 Å². The third-order valence-corrected chi connectivity index (χ3v) is 10.1. The molecule has 10 rings (SSSR count). The third-order valence-electron chi connectivity index (χ3n) is 10.1. The van der Waals surface area contributed by atoms with E-state index >= 15 is 0 Å². The molecule has 8 aromatic rings. The number of fused-ring (bicyclic) bond motifs is 10. The topological polar surface area (TPSA) is 14.2 Å². The Morgan fingerprint density at radius 1 is 0.512 bits per heavy atom. The maximum absolute atomic E-state index is 6.75. The average molecular weight is 547 g/mol. The number of benzene rings is 7. The summed E-state index contributed by atoms with van der Waals surface area (Å²) < 4.78 is 9.19. The Hall–Kier alpha value is -5.28. The highest BCUT2D eigenvalue weighted by atomic mass is 16.5. The molecule has 0 saturated carbocycles. The summed E-state index contributed by atoms with van der Waals surface area (Å²) in [5.74, 6) is 1.90. The Labute approximate surface area is 249 Å². The molecule has 0 atom stereocenters. The molecular weight excluding hydrogens is 521 g/mol. The van der Waals surface area contributed by atoms with Crippen molar-refractivity contribution in [3.63, 3.8) is 0 Å². The highest BCUT2D eigenvalue weighted by molar-refractivity contribution is 6.99. The van der Waals surface area contributed by atoms with Gasteiger partial charge < -0.3 is 9.30 Å². The van der Waals surface area contributed by atoms with Gasteiger partial charge in [0.2, 0.25) is 0 Å². The van der Waals surface area contributed by atoms with Crippen LogP contribution in [0.2, 0.25) is 0 Å². The highest BCUT2D eigenvalue weighted by Gasteiger charge is 2.40. The maximum atomic E-state index is 6.75. The van der Waals surface area contributed by atoms with E-state index in [0.29, 0.717) is 0 Å². The van der Waals surface area contributed by atoms with Gasteiger partial charge >= 0.3 is 0 Å². The largest absolute Gasteiger partial charge is 0.458 e. The van der Waals surface area contributed by atoms with Crippen LogP contribution in [0, 0.1) is 13.8 Å². The molecule has 1 aromatic heterocycles. The molecule has 0 N–H and O–H groups in total. The van der Waals surface area contributed by atoms with Gasteiger partial charge in [0, 0.05) is 22.3 Å². The van der Waals surface area contributed by atoms with Gasteiger partial charge in [0.25, 0.3) is 6.71 Å². The van der Waals surface area contributed by atoms with E-state index in [1.165, 1.54) is 87.7 Å². The third kappa shape index (κ3) is 2.94. The average Bonchev–Trinajstić information content (AvgIpc) is 3.32. The molecule has 43 heavy (non-hydrogen) atoms. The van der Waals surface area contributed by atoms with Gasteiger partial charge in [-0.2, -0.15) is 0 Å². The van der Waals surface area contributed by atoms with Crippen LogP contribution in [0.25, 0.3) is 60.0 Å². The zero-order chi connectivity index (χ0) is 28.4. The standard InChI is InChI=1S/C40H26BNO/c1-23-24(2)42-36-15-8-16-37-39(36)41(35-14-7-13-27(23)40(35)42)34-20-18-26(22-38(34)43-37)25-17-19-32-30-11-4-3-9-28(30)29-10-5-6-12-31(29)33(32)21-25/h3-22H,1-2H3. The lowest BCUT2D eigenvalue weighted by molar-refractivity contribution is 0.487. The van der Waals surface area contributed by atoms with Crippen molar-refractivity contribution in [3.8, 4) is 28.3 Å². The molecule has 0 unspecified atom stereocenters. The number of aryl methyl sites for hydroxylation is 1. The molecule has 3 heterocycles. The summed E-state index contributed by atoms with van der Waals surface area (Å²) in [7, 11) is 0. The van der Waals surface area contributed by atoms with Gasteiger partial charge in [0.1, 0.15) is 11.5 Å². The van der Waals surface area contributed by atoms with Crippen molar-refractivity contribution >= 4 is 66.3 Å². The second-order valence-electron chi connectivity index (χ2n) is 12.1. The van der Waals surface area contributed by atoms with Gasteiger partial charge in [-0.15, -0.1) is 0 Å². The minimum atomic E-state index is 0.140. The van der Waals surface area contributed by atoms with E-state index in [9.17, 15) is 0 Å². The molecule has 2 aliphatic heterocycles. The number of ether oxygens (including phenoxy) is 1. The fourth-order valence-corrected chi connectivity index (χ4v) is 8.01. The Balaban J connectivity index is 1.19. The van der Waals surface area contributed by atoms with Crippen LogP contribution >= 0.6 is 0 Å². The van der Waals surface area contributed by atoms with Crippen LogP contribution in [0.4, 0.5) is 0 Å². The fourth-order valence-electron chi connectivity index (χ4n) is 8.01. The lowest BCUT2D eigenvalue weighted by Gasteiger charge is -2.33. The summed E-state index contributed by atoms with van der Waals surface area (Å²) >= 11 is 0. The van der Waals surface area contributed by atoms with Crippen molar-refractivity contribution in [2.75, 3.05) is 0 Å². The molecule has 0 amide bonds. The van der Waals surface area contributed by atoms with Crippen molar-refractivity contribution in [1.82, 2.24) is 4.57 Å². The van der Waals surface area contributed by atoms with Gasteiger partial charge in [0.05, 0.1) is 0 Å². The van der Waals surface area contributed by atoms with E-state index in [4.69, 9.17) is 4.74 Å². The molecule has 0 saturated heterocycles. The second kappa shape index (κ2) is 8.17. The Kier molecular flexibility index (Phi) is 4.43. The van der Waals surface area contributed by atoms with E-state index in [1.807, 2.05) is 0 Å². The summed E-state index contributed by atoms with van der Waals surface area (Å²) in [4.78, 5) is 0. The molecule has 0 spiro atoms. The molecule has 200 valence electrons. The van der Waals surface area contributed by atoms with Gasteiger partial charge in [-0.25, -0.2) is 0 Å². The number of hydrogen-bond acceptors (Lipinski definition) is 1. The van der Waals surface area contributed by atoms with Crippen LogP contribution in [-0.2, 0) is 0 Å². The Morgan fingerprint density at radius 2 is 1.14 bits per heavy atom. The molecule has 2 aliphatic rings. The first-order valence-corrected chi connectivity index (χ1v) is 15.1. The van der Waals surface area contributed by atoms with Crippen molar-refractivity contribution in [1.29, 1.82) is 0 Å². The number of rotatable bonds is 1. The van der Waals surface area contributed by atoms with Crippen molar-refractivity contribution in [3.05, 3.63) is 133 Å². The normalized spacial score (nSPS) is 13.0. The smallest absolute Gasteiger partial charge is 0.256 e. The Morgan fingerprint density at radius 3 is 1.91 bits per heavy atom. The summed E-state index contributed by atoms with van der Waals surface area (Å²) in [6, 6.07) is 44.6. The minimum absolute atomic E-state index is 0.140. The van der Waals surface area contributed by atoms with Gasteiger partial charge in [-0.1, -0.05) is 97.1 Å². The van der Waals surface area contributed by atoms with E-state index < -0.39 is 0 Å². The first-order valence-electron chi connectivity index (χ1n) is 15.1. The fraction of sp³-hybridized carbons (Fsp3) is 0.0500.